The molecule has 0 aliphatic rings. The minimum absolute atomic E-state index is 0.272. The van der Waals surface area contributed by atoms with E-state index < -0.39 is 7.26 Å². The summed E-state index contributed by atoms with van der Waals surface area (Å²) >= 11 is 0. The molecular formula is C30H32O2P+. The van der Waals surface area contributed by atoms with Gasteiger partial charge >= 0.3 is 5.97 Å². The zero-order chi connectivity index (χ0) is 23.5. The van der Waals surface area contributed by atoms with E-state index in [9.17, 15) is 4.79 Å². The maximum atomic E-state index is 11.8. The number of carbonyl (C=O) groups excluding carboxylic acids is 1. The summed E-state index contributed by atoms with van der Waals surface area (Å²) in [7, 11) is -1.88. The molecular weight excluding hydrogens is 423 g/mol. The van der Waals surface area contributed by atoms with Crippen molar-refractivity contribution in [1.29, 1.82) is 0 Å². The monoisotopic (exact) mass is 455 g/mol. The van der Waals surface area contributed by atoms with Crippen LogP contribution in [0, 0.1) is 0 Å². The first-order chi connectivity index (χ1) is 16.1. The van der Waals surface area contributed by atoms with Crippen LogP contribution in [0.3, 0.4) is 0 Å². The van der Waals surface area contributed by atoms with Gasteiger partial charge in [0.15, 0.2) is 0 Å². The Bertz CT molecular complexity index is 1020. The Morgan fingerprint density at radius 2 is 1.24 bits per heavy atom. The van der Waals surface area contributed by atoms with Crippen molar-refractivity contribution in [3.8, 4) is 0 Å². The van der Waals surface area contributed by atoms with Crippen molar-refractivity contribution in [3.05, 3.63) is 126 Å². The molecule has 168 valence electrons. The summed E-state index contributed by atoms with van der Waals surface area (Å²) in [5.41, 5.74) is 1.76. The van der Waals surface area contributed by atoms with Crippen LogP contribution in [-0.2, 0) is 9.53 Å². The van der Waals surface area contributed by atoms with E-state index in [1.165, 1.54) is 15.9 Å². The highest BCUT2D eigenvalue weighted by molar-refractivity contribution is 7.95. The van der Waals surface area contributed by atoms with Gasteiger partial charge < -0.3 is 4.74 Å². The second kappa shape index (κ2) is 12.1. The highest BCUT2D eigenvalue weighted by Gasteiger charge is 2.44. The number of hydrogen-bond acceptors (Lipinski definition) is 2. The fraction of sp³-hybridized carbons (Fsp3) is 0.167. The minimum Gasteiger partial charge on any atom is -0.463 e. The summed E-state index contributed by atoms with van der Waals surface area (Å²) in [6.45, 7) is 6.09. The van der Waals surface area contributed by atoms with Crippen LogP contribution in [-0.4, -0.2) is 18.7 Å². The molecule has 0 N–H and O–H groups in total. The smallest absolute Gasteiger partial charge is 0.333 e. The number of ether oxygens (including phenoxy) is 1. The molecule has 3 heteroatoms. The maximum absolute atomic E-state index is 11.8. The average molecular weight is 456 g/mol. The summed E-state index contributed by atoms with van der Waals surface area (Å²) < 4.78 is 5.05. The molecule has 0 heterocycles. The highest BCUT2D eigenvalue weighted by Crippen LogP contribution is 2.55. The van der Waals surface area contributed by atoms with Crippen LogP contribution in [0.4, 0.5) is 0 Å². The Morgan fingerprint density at radius 1 is 0.788 bits per heavy atom. The zero-order valence-electron chi connectivity index (χ0n) is 19.6. The van der Waals surface area contributed by atoms with Crippen molar-refractivity contribution in [1.82, 2.24) is 0 Å². The molecule has 0 aliphatic carbocycles. The lowest BCUT2D eigenvalue weighted by molar-refractivity contribution is -0.138. The van der Waals surface area contributed by atoms with E-state index in [1.54, 1.807) is 6.92 Å². The molecule has 0 aromatic heterocycles. The van der Waals surface area contributed by atoms with Gasteiger partial charge in [-0.05, 0) is 63.2 Å². The first kappa shape index (κ1) is 24.4. The van der Waals surface area contributed by atoms with Crippen LogP contribution in [0.25, 0.3) is 0 Å². The summed E-state index contributed by atoms with van der Waals surface area (Å²) in [4.78, 5) is 11.8. The van der Waals surface area contributed by atoms with Gasteiger partial charge in [-0.1, -0.05) is 78.4 Å². The molecule has 0 atom stereocenters. The molecule has 3 aromatic carbocycles. The Morgan fingerprint density at radius 3 is 1.67 bits per heavy atom. The molecule has 33 heavy (non-hydrogen) atoms. The summed E-state index contributed by atoms with van der Waals surface area (Å²) in [5, 5.41) is 4.11. The van der Waals surface area contributed by atoms with E-state index in [0.29, 0.717) is 12.2 Å². The third kappa shape index (κ3) is 6.18. The van der Waals surface area contributed by atoms with Gasteiger partial charge in [0.05, 0.1) is 12.8 Å². The molecule has 3 rings (SSSR count). The minimum atomic E-state index is -1.88. The number of esters is 1. The van der Waals surface area contributed by atoms with Crippen molar-refractivity contribution < 1.29 is 9.53 Å². The summed E-state index contributed by atoms with van der Waals surface area (Å²) in [5.74, 6) is -0.272. The van der Waals surface area contributed by atoms with Gasteiger partial charge in [0.2, 0.25) is 0 Å². The van der Waals surface area contributed by atoms with Gasteiger partial charge in [-0.15, -0.1) is 0 Å². The lowest BCUT2D eigenvalue weighted by atomic mass is 10.2. The molecule has 0 fully saturated rings. The number of rotatable bonds is 9. The van der Waals surface area contributed by atoms with Crippen molar-refractivity contribution >= 4 is 29.1 Å². The molecule has 0 amide bonds. The van der Waals surface area contributed by atoms with E-state index in [1.807, 2.05) is 19.1 Å². The lowest BCUT2D eigenvalue weighted by Crippen LogP contribution is -2.33. The molecule has 0 radical (unpaired) electrons. The predicted octanol–water partition coefficient (Wildman–Crippen LogP) is 5.99. The molecule has 0 aliphatic heterocycles. The van der Waals surface area contributed by atoms with Crippen molar-refractivity contribution in [2.24, 2.45) is 0 Å². The van der Waals surface area contributed by atoms with Crippen LogP contribution >= 0.6 is 7.26 Å². The predicted molar refractivity (Wildman–Crippen MR) is 143 cm³/mol. The molecule has 0 spiro atoms. The first-order valence-electron chi connectivity index (χ1n) is 11.3. The van der Waals surface area contributed by atoms with Crippen molar-refractivity contribution in [2.75, 3.05) is 12.8 Å². The number of carbonyl (C=O) groups is 1. The largest absolute Gasteiger partial charge is 0.463 e. The summed E-state index contributed by atoms with van der Waals surface area (Å²) in [6, 6.07) is 32.6. The standard InChI is InChI=1S/C30H32O2P/c1-4-32-30(31)26(3)16-14-15-25(2)23-24-33(27-17-8-5-9-18-27,28-19-10-6-11-20-28)29-21-12-7-13-22-29/h5-23H,4,24H2,1-3H3/q+1/b15-14+,25-23+,26-16+. The molecule has 2 nitrogen and oxygen atoms in total. The van der Waals surface area contributed by atoms with Gasteiger partial charge in [0, 0.05) is 5.57 Å². The molecule has 0 saturated heterocycles. The van der Waals surface area contributed by atoms with Crippen LogP contribution in [0.2, 0.25) is 0 Å². The Balaban J connectivity index is 2.01. The van der Waals surface area contributed by atoms with E-state index >= 15 is 0 Å². The van der Waals surface area contributed by atoms with Crippen molar-refractivity contribution in [2.45, 2.75) is 20.8 Å². The number of allylic oxidation sites excluding steroid dienone is 5. The maximum Gasteiger partial charge on any atom is 0.333 e. The number of hydrogen-bond donors (Lipinski definition) is 0. The van der Waals surface area contributed by atoms with E-state index in [4.69, 9.17) is 4.74 Å². The van der Waals surface area contributed by atoms with Gasteiger partial charge in [-0.3, -0.25) is 0 Å². The molecule has 3 aromatic rings. The van der Waals surface area contributed by atoms with Crippen molar-refractivity contribution in [3.63, 3.8) is 0 Å². The Kier molecular flexibility index (Phi) is 8.98. The molecule has 0 unspecified atom stereocenters. The second-order valence-corrected chi connectivity index (χ2v) is 11.4. The third-order valence-corrected chi connectivity index (χ3v) is 9.85. The van der Waals surface area contributed by atoms with Crippen LogP contribution in [0.1, 0.15) is 20.8 Å². The fourth-order valence-corrected chi connectivity index (χ4v) is 7.95. The second-order valence-electron chi connectivity index (χ2n) is 7.88. The lowest BCUT2D eigenvalue weighted by Gasteiger charge is -2.26. The van der Waals surface area contributed by atoms with Gasteiger partial charge in [0.1, 0.15) is 23.2 Å². The van der Waals surface area contributed by atoms with E-state index in [-0.39, 0.29) is 5.97 Å². The van der Waals surface area contributed by atoms with E-state index in [0.717, 1.165) is 11.7 Å². The third-order valence-electron chi connectivity index (χ3n) is 5.58. The van der Waals surface area contributed by atoms with Gasteiger partial charge in [-0.25, -0.2) is 4.79 Å². The first-order valence-corrected chi connectivity index (χ1v) is 13.3. The highest BCUT2D eigenvalue weighted by atomic mass is 31.2. The SMILES string of the molecule is CCOC(=O)/C(C)=C/C=C/C(C)=C/C[P+](c1ccccc1)(c1ccccc1)c1ccccc1. The quantitative estimate of drug-likeness (QED) is 0.171. The van der Waals surface area contributed by atoms with E-state index in [2.05, 4.69) is 110 Å². The Labute approximate surface area is 198 Å². The Hall–Kier alpha value is -3.22. The average Bonchev–Trinajstić information content (AvgIpc) is 2.86. The van der Waals surface area contributed by atoms with Crippen LogP contribution in [0.15, 0.2) is 126 Å². The molecule has 0 bridgehead atoms. The normalized spacial score (nSPS) is 12.7. The van der Waals surface area contributed by atoms with Gasteiger partial charge in [0.25, 0.3) is 0 Å². The van der Waals surface area contributed by atoms with Crippen LogP contribution in [0.5, 0.6) is 0 Å². The van der Waals surface area contributed by atoms with Crippen LogP contribution < -0.4 is 15.9 Å². The number of benzene rings is 3. The fourth-order valence-electron chi connectivity index (χ4n) is 3.82. The molecule has 0 saturated carbocycles. The van der Waals surface area contributed by atoms with Gasteiger partial charge in [-0.2, -0.15) is 0 Å². The topological polar surface area (TPSA) is 26.3 Å². The zero-order valence-corrected chi connectivity index (χ0v) is 20.5. The summed E-state index contributed by atoms with van der Waals surface area (Å²) in [6.07, 6.45) is 9.03.